The van der Waals surface area contributed by atoms with Gasteiger partial charge in [-0.3, -0.25) is 42.5 Å². The van der Waals surface area contributed by atoms with Crippen molar-refractivity contribution in [1.29, 1.82) is 0 Å². The summed E-state index contributed by atoms with van der Waals surface area (Å²) < 4.78 is 98.4. The molecule has 4 aromatic heterocycles. The summed E-state index contributed by atoms with van der Waals surface area (Å²) in [4.78, 5) is 64.9. The first-order valence-electron chi connectivity index (χ1n) is 18.9. The predicted octanol–water partition coefficient (Wildman–Crippen LogP) is 2.96. The van der Waals surface area contributed by atoms with Gasteiger partial charge in [0.25, 0.3) is 21.6 Å². The topological polar surface area (TPSA) is 259 Å². The highest BCUT2D eigenvalue weighted by Gasteiger charge is 2.54. The van der Waals surface area contributed by atoms with E-state index in [1.807, 2.05) is 0 Å². The Morgan fingerprint density at radius 2 is 1.74 bits per heavy atom. The molecule has 1 unspecified atom stereocenters. The van der Waals surface area contributed by atoms with Crippen molar-refractivity contribution in [3.05, 3.63) is 76.6 Å². The molecule has 2 bridgehead atoms. The average Bonchev–Trinajstić information content (AvgIpc) is 4.01. The molecule has 3 fully saturated rings. The van der Waals surface area contributed by atoms with Crippen molar-refractivity contribution in [2.24, 2.45) is 5.92 Å². The standard InChI is InChI=1S/C35H36F2N11O11PS2/c1-17(2)30(49)45-35-44-29-24(32(51)46-35)42-16-48(29)34-26-21(36)20(57-34)13-55-60(61,54-11-10-38-3)58-25-19(9-12-62(52,53)59-26)56-33(22(25)37)47-15-41-23-27(39-14-40-28(23)47)43-31(50)18-7-5-4-6-8-18/h4-8,14-17,19-22,25-26,33-34H,9-13H2,1-2H3,(H,39,40,43,50)(H2,44,45,46,49,51)/t19-,20-,21-,22+,25-,26-,33-,34-,60?/m1/s1. The van der Waals surface area contributed by atoms with Crippen molar-refractivity contribution in [3.63, 3.8) is 0 Å². The summed E-state index contributed by atoms with van der Waals surface area (Å²) in [6.07, 6.45) is -11.3. The van der Waals surface area contributed by atoms with E-state index in [4.69, 9.17) is 45.6 Å². The van der Waals surface area contributed by atoms with Crippen LogP contribution in [0.3, 0.4) is 0 Å². The van der Waals surface area contributed by atoms with Gasteiger partial charge in [0.05, 0.1) is 31.1 Å². The van der Waals surface area contributed by atoms with Crippen LogP contribution >= 0.6 is 6.72 Å². The van der Waals surface area contributed by atoms with Crippen molar-refractivity contribution in [2.75, 3.05) is 36.1 Å². The van der Waals surface area contributed by atoms with E-state index in [-0.39, 0.29) is 47.2 Å². The summed E-state index contributed by atoms with van der Waals surface area (Å²) in [5.74, 6) is -2.58. The lowest BCUT2D eigenvalue weighted by atomic mass is 10.1. The normalized spacial score (nSPS) is 28.7. The number of aromatic amines is 1. The molecule has 0 spiro atoms. The summed E-state index contributed by atoms with van der Waals surface area (Å²) in [6.45, 7) is 5.00. The third-order valence-corrected chi connectivity index (χ3v) is 13.5. The average molecular weight is 920 g/mol. The Morgan fingerprint density at radius 1 is 1.02 bits per heavy atom. The molecule has 3 saturated heterocycles. The molecule has 5 aromatic rings. The molecule has 0 radical (unpaired) electrons. The monoisotopic (exact) mass is 919 g/mol. The molecule has 3 aliphatic heterocycles. The quantitative estimate of drug-likeness (QED) is 0.0831. The number of carbonyl (C=O) groups is 2. The fraction of sp³-hybridized carbons (Fsp3) is 0.457. The second kappa shape index (κ2) is 17.5. The number of nitrogens with zero attached hydrogens (tertiary/aromatic N) is 8. The molecule has 27 heteroatoms. The van der Waals surface area contributed by atoms with Gasteiger partial charge in [0.1, 0.15) is 25.1 Å². The summed E-state index contributed by atoms with van der Waals surface area (Å²) in [7, 11) is -4.72. The highest BCUT2D eigenvalue weighted by Crippen LogP contribution is 2.55. The van der Waals surface area contributed by atoms with E-state index in [9.17, 15) is 22.8 Å². The third kappa shape index (κ3) is 8.72. The smallest absolute Gasteiger partial charge is 0.327 e. The van der Waals surface area contributed by atoms with Crippen LogP contribution in [-0.2, 0) is 53.9 Å². The van der Waals surface area contributed by atoms with Crippen molar-refractivity contribution in [3.8, 4) is 0 Å². The Bertz CT molecular complexity index is 2770. The third-order valence-electron chi connectivity index (χ3n) is 9.91. The maximum Gasteiger partial charge on any atom is 0.327 e. The summed E-state index contributed by atoms with van der Waals surface area (Å²) >= 11 is 5.69. The van der Waals surface area contributed by atoms with Gasteiger partial charge in [-0.2, -0.15) is 13.4 Å². The number of carbonyl (C=O) groups excluding carboxylic acids is 2. The second-order valence-corrected chi connectivity index (χ2v) is 19.1. The number of hydrogen-bond acceptors (Lipinski definition) is 17. The van der Waals surface area contributed by atoms with E-state index < -0.39 is 108 Å². The van der Waals surface area contributed by atoms with E-state index in [0.717, 1.165) is 17.2 Å². The van der Waals surface area contributed by atoms with Gasteiger partial charge < -0.3 is 28.7 Å². The van der Waals surface area contributed by atoms with Gasteiger partial charge in [-0.05, 0) is 30.4 Å². The highest BCUT2D eigenvalue weighted by molar-refractivity contribution is 8.07. The Morgan fingerprint density at radius 3 is 2.48 bits per heavy atom. The van der Waals surface area contributed by atoms with Crippen LogP contribution in [-0.4, -0.2) is 122 Å². The van der Waals surface area contributed by atoms with Gasteiger partial charge in [0, 0.05) is 11.5 Å². The van der Waals surface area contributed by atoms with Crippen LogP contribution in [0, 0.1) is 12.5 Å². The molecule has 0 aliphatic carbocycles. The number of anilines is 2. The number of aromatic nitrogens is 8. The number of alkyl halides is 2. The largest absolute Gasteiger partial charge is 0.349 e. The number of rotatable bonds is 9. The fourth-order valence-corrected chi connectivity index (χ4v) is 10.1. The van der Waals surface area contributed by atoms with Crippen LogP contribution in [0.2, 0.25) is 0 Å². The Labute approximate surface area is 354 Å². The van der Waals surface area contributed by atoms with Gasteiger partial charge in [0.2, 0.25) is 18.4 Å². The van der Waals surface area contributed by atoms with Crippen molar-refractivity contribution in [1.82, 2.24) is 39.0 Å². The molecule has 2 amide bonds. The SMILES string of the molecule is [C-]#[N+]CCOP1(=S)OC[C@H]2O[C@@H](n3cnc4c(=O)[nH]c(NC(=O)C(C)C)nc43)[C@H](OS(=O)(=O)CC[C@H]3O[C@@H](n4cnc5c(NC(=O)c6ccccc6)ncnc54)[C@@H](F)[C@@H]3O1)[C@@H]2F. The van der Waals surface area contributed by atoms with Gasteiger partial charge in [0.15, 0.2) is 59.0 Å². The van der Waals surface area contributed by atoms with Crippen molar-refractivity contribution in [2.45, 2.75) is 69.5 Å². The van der Waals surface area contributed by atoms with Crippen LogP contribution in [0.25, 0.3) is 27.2 Å². The van der Waals surface area contributed by atoms with Gasteiger partial charge in [-0.1, -0.05) is 32.0 Å². The van der Waals surface area contributed by atoms with Crippen LogP contribution in [0.15, 0.2) is 54.1 Å². The predicted molar refractivity (Wildman–Crippen MR) is 215 cm³/mol. The molecule has 328 valence electrons. The van der Waals surface area contributed by atoms with Crippen molar-refractivity contribution >= 4 is 74.6 Å². The van der Waals surface area contributed by atoms with Crippen LogP contribution in [0.1, 0.15) is 43.1 Å². The Balaban J connectivity index is 1.10. The minimum absolute atomic E-state index is 0.0149. The number of benzene rings is 1. The lowest BCUT2D eigenvalue weighted by molar-refractivity contribution is -0.118. The number of hydrogen-bond donors (Lipinski definition) is 3. The molecule has 3 N–H and O–H groups in total. The molecule has 3 aliphatic rings. The Kier molecular flexibility index (Phi) is 12.3. The van der Waals surface area contributed by atoms with E-state index in [0.29, 0.717) is 5.56 Å². The second-order valence-electron chi connectivity index (χ2n) is 14.4. The Hall–Kier alpha value is -5.23. The number of halogens is 2. The molecule has 9 atom stereocenters. The van der Waals surface area contributed by atoms with Gasteiger partial charge in [-0.25, -0.2) is 35.3 Å². The fourth-order valence-electron chi connectivity index (χ4n) is 6.85. The molecule has 7 heterocycles. The zero-order chi connectivity index (χ0) is 43.9. The van der Waals surface area contributed by atoms with Gasteiger partial charge in [-0.15, -0.1) is 0 Å². The lowest BCUT2D eigenvalue weighted by Crippen LogP contribution is -2.35. The number of imidazole rings is 2. The minimum Gasteiger partial charge on any atom is -0.349 e. The molecular formula is C35H36F2N11O11PS2. The molecule has 8 rings (SSSR count). The lowest BCUT2D eigenvalue weighted by Gasteiger charge is -2.28. The summed E-state index contributed by atoms with van der Waals surface area (Å²) in [5, 5.41) is 5.13. The van der Waals surface area contributed by atoms with E-state index in [2.05, 4.69) is 45.4 Å². The number of fused-ring (bicyclic) bond motifs is 5. The number of H-pyrrole nitrogens is 1. The zero-order valence-corrected chi connectivity index (χ0v) is 35.0. The maximum atomic E-state index is 16.9. The first-order valence-corrected chi connectivity index (χ1v) is 23.0. The highest BCUT2D eigenvalue weighted by atomic mass is 32.5. The van der Waals surface area contributed by atoms with Crippen molar-refractivity contribution < 1.29 is 54.0 Å². The molecule has 0 saturated carbocycles. The summed E-state index contributed by atoms with van der Waals surface area (Å²) in [6, 6.07) is 8.30. The minimum atomic E-state index is -4.72. The first kappa shape index (κ1) is 43.4. The van der Waals surface area contributed by atoms with Gasteiger partial charge >= 0.3 is 6.72 Å². The van der Waals surface area contributed by atoms with Crippen LogP contribution < -0.4 is 16.2 Å². The van der Waals surface area contributed by atoms with E-state index in [1.54, 1.807) is 44.2 Å². The zero-order valence-electron chi connectivity index (χ0n) is 32.4. The summed E-state index contributed by atoms with van der Waals surface area (Å²) in [5.41, 5.74) is -0.773. The van der Waals surface area contributed by atoms with E-state index in [1.165, 1.54) is 10.9 Å². The maximum absolute atomic E-state index is 16.9. The first-order chi connectivity index (χ1) is 29.6. The number of nitrogens with one attached hydrogen (secondary N) is 3. The molecule has 62 heavy (non-hydrogen) atoms. The molecular weight excluding hydrogens is 884 g/mol. The number of ether oxygens (including phenoxy) is 2. The molecule has 22 nitrogen and oxygen atoms in total. The van der Waals surface area contributed by atoms with Crippen LogP contribution in [0.4, 0.5) is 20.5 Å². The van der Waals surface area contributed by atoms with Crippen LogP contribution in [0.5, 0.6) is 0 Å². The number of amides is 2. The van der Waals surface area contributed by atoms with E-state index >= 15 is 8.78 Å². The molecule has 1 aromatic carbocycles.